The summed E-state index contributed by atoms with van der Waals surface area (Å²) in [4.78, 5) is 25.2. The highest BCUT2D eigenvalue weighted by molar-refractivity contribution is 5.76. The summed E-state index contributed by atoms with van der Waals surface area (Å²) in [6.07, 6.45) is 1.17. The topological polar surface area (TPSA) is 79.8 Å². The van der Waals surface area contributed by atoms with Crippen LogP contribution >= 0.6 is 0 Å². The van der Waals surface area contributed by atoms with Crippen molar-refractivity contribution >= 4 is 11.6 Å². The third-order valence-corrected chi connectivity index (χ3v) is 2.99. The van der Waals surface area contributed by atoms with E-state index in [9.17, 15) is 9.59 Å². The SMILES string of the molecule is O=C(Cn1nc2ccccn2c1=O)N1CC(O)C1. The van der Waals surface area contributed by atoms with Crippen molar-refractivity contribution in [3.05, 3.63) is 34.9 Å². The van der Waals surface area contributed by atoms with Gasteiger partial charge >= 0.3 is 5.69 Å². The molecule has 0 aromatic carbocycles. The molecule has 0 spiro atoms. The fourth-order valence-corrected chi connectivity index (χ4v) is 1.96. The lowest BCUT2D eigenvalue weighted by Crippen LogP contribution is -2.54. The maximum Gasteiger partial charge on any atom is 0.350 e. The highest BCUT2D eigenvalue weighted by Gasteiger charge is 2.29. The molecular weight excluding hydrogens is 236 g/mol. The van der Waals surface area contributed by atoms with E-state index in [1.54, 1.807) is 24.4 Å². The maximum atomic E-state index is 11.9. The Morgan fingerprint density at radius 3 is 2.89 bits per heavy atom. The monoisotopic (exact) mass is 248 g/mol. The summed E-state index contributed by atoms with van der Waals surface area (Å²) < 4.78 is 2.53. The van der Waals surface area contributed by atoms with E-state index in [0.717, 1.165) is 4.68 Å². The minimum Gasteiger partial charge on any atom is -0.389 e. The van der Waals surface area contributed by atoms with E-state index >= 15 is 0 Å². The summed E-state index contributed by atoms with van der Waals surface area (Å²) in [5.74, 6) is -0.203. The lowest BCUT2D eigenvalue weighted by atomic mass is 10.2. The van der Waals surface area contributed by atoms with E-state index in [1.165, 1.54) is 9.30 Å². The number of carbonyl (C=O) groups excluding carboxylic acids is 1. The molecule has 7 heteroatoms. The molecule has 3 heterocycles. The molecule has 1 N–H and O–H groups in total. The molecule has 2 aromatic heterocycles. The van der Waals surface area contributed by atoms with Crippen molar-refractivity contribution in [3.8, 4) is 0 Å². The number of amides is 1. The van der Waals surface area contributed by atoms with Crippen LogP contribution < -0.4 is 5.69 Å². The van der Waals surface area contributed by atoms with E-state index < -0.39 is 6.10 Å². The molecule has 18 heavy (non-hydrogen) atoms. The Bertz CT molecular complexity index is 654. The van der Waals surface area contributed by atoms with Crippen LogP contribution in [-0.2, 0) is 11.3 Å². The number of aliphatic hydroxyl groups excluding tert-OH is 1. The lowest BCUT2D eigenvalue weighted by molar-refractivity contribution is -0.142. The number of hydrogen-bond acceptors (Lipinski definition) is 4. The van der Waals surface area contributed by atoms with Crippen molar-refractivity contribution in [2.24, 2.45) is 0 Å². The summed E-state index contributed by atoms with van der Waals surface area (Å²) in [5.41, 5.74) is 0.180. The summed E-state index contributed by atoms with van der Waals surface area (Å²) in [7, 11) is 0. The van der Waals surface area contributed by atoms with Crippen molar-refractivity contribution in [2.75, 3.05) is 13.1 Å². The van der Waals surface area contributed by atoms with Gasteiger partial charge < -0.3 is 10.0 Å². The van der Waals surface area contributed by atoms with Crippen molar-refractivity contribution in [2.45, 2.75) is 12.6 Å². The molecule has 1 saturated heterocycles. The van der Waals surface area contributed by atoms with Gasteiger partial charge in [0, 0.05) is 19.3 Å². The van der Waals surface area contributed by atoms with Crippen LogP contribution in [0.5, 0.6) is 0 Å². The molecule has 1 amide bonds. The second-order valence-electron chi connectivity index (χ2n) is 4.32. The van der Waals surface area contributed by atoms with E-state index in [0.29, 0.717) is 18.7 Å². The number of aromatic nitrogens is 3. The largest absolute Gasteiger partial charge is 0.389 e. The summed E-state index contributed by atoms with van der Waals surface area (Å²) in [6, 6.07) is 5.21. The minimum atomic E-state index is -0.438. The molecule has 0 bridgehead atoms. The number of β-amino-alcohol motifs (C(OH)–C–C–N with tert-alkyl or cyclic N) is 1. The number of likely N-dealkylation sites (tertiary alicyclic amines) is 1. The van der Waals surface area contributed by atoms with Crippen LogP contribution in [0, 0.1) is 0 Å². The van der Waals surface area contributed by atoms with Crippen molar-refractivity contribution in [1.29, 1.82) is 0 Å². The third-order valence-electron chi connectivity index (χ3n) is 2.99. The Hall–Kier alpha value is -2.15. The number of rotatable bonds is 2. The van der Waals surface area contributed by atoms with Gasteiger partial charge in [0.15, 0.2) is 5.65 Å². The first-order chi connectivity index (χ1) is 8.65. The van der Waals surface area contributed by atoms with E-state index in [2.05, 4.69) is 5.10 Å². The van der Waals surface area contributed by atoms with Gasteiger partial charge in [-0.3, -0.25) is 9.20 Å². The highest BCUT2D eigenvalue weighted by Crippen LogP contribution is 2.07. The fraction of sp³-hybridized carbons (Fsp3) is 0.364. The van der Waals surface area contributed by atoms with Crippen LogP contribution in [0.4, 0.5) is 0 Å². The van der Waals surface area contributed by atoms with Gasteiger partial charge in [-0.1, -0.05) is 6.07 Å². The Morgan fingerprint density at radius 1 is 1.44 bits per heavy atom. The molecule has 0 unspecified atom stereocenters. The Labute approximate surface area is 102 Å². The molecule has 1 aliphatic rings. The number of nitrogens with zero attached hydrogens (tertiary/aromatic N) is 4. The predicted octanol–water partition coefficient (Wildman–Crippen LogP) is -1.30. The van der Waals surface area contributed by atoms with Crippen LogP contribution in [0.15, 0.2) is 29.2 Å². The van der Waals surface area contributed by atoms with Crippen LogP contribution in [0.2, 0.25) is 0 Å². The van der Waals surface area contributed by atoms with Gasteiger partial charge in [0.05, 0.1) is 6.10 Å². The van der Waals surface area contributed by atoms with Gasteiger partial charge in [-0.05, 0) is 12.1 Å². The van der Waals surface area contributed by atoms with Crippen LogP contribution in [0.1, 0.15) is 0 Å². The summed E-state index contributed by atoms with van der Waals surface area (Å²) in [5, 5.41) is 13.2. The zero-order valence-electron chi connectivity index (χ0n) is 9.56. The number of hydrogen-bond donors (Lipinski definition) is 1. The van der Waals surface area contributed by atoms with Gasteiger partial charge in [-0.2, -0.15) is 0 Å². The molecule has 0 saturated carbocycles. The van der Waals surface area contributed by atoms with Crippen molar-refractivity contribution < 1.29 is 9.90 Å². The number of aliphatic hydroxyl groups is 1. The highest BCUT2D eigenvalue weighted by atomic mass is 16.3. The standard InChI is InChI=1S/C11H12N4O3/c16-8-5-13(6-8)10(17)7-15-11(18)14-4-2-1-3-9(14)12-15/h1-4,8,16H,5-7H2. The molecule has 1 aliphatic heterocycles. The van der Waals surface area contributed by atoms with Gasteiger partial charge in [0.25, 0.3) is 0 Å². The van der Waals surface area contributed by atoms with Crippen molar-refractivity contribution in [1.82, 2.24) is 19.1 Å². The second-order valence-corrected chi connectivity index (χ2v) is 4.32. The number of pyridine rings is 1. The molecule has 3 rings (SSSR count). The number of fused-ring (bicyclic) bond motifs is 1. The zero-order valence-corrected chi connectivity index (χ0v) is 9.56. The third kappa shape index (κ3) is 1.68. The lowest BCUT2D eigenvalue weighted by Gasteiger charge is -2.35. The first kappa shape index (κ1) is 11.0. The first-order valence-corrected chi connectivity index (χ1v) is 5.65. The van der Waals surface area contributed by atoms with Crippen LogP contribution in [0.3, 0.4) is 0 Å². The quantitative estimate of drug-likeness (QED) is 0.716. The van der Waals surface area contributed by atoms with E-state index in [-0.39, 0.29) is 18.1 Å². The molecule has 7 nitrogen and oxygen atoms in total. The van der Waals surface area contributed by atoms with Gasteiger partial charge in [0.2, 0.25) is 5.91 Å². The van der Waals surface area contributed by atoms with E-state index in [1.807, 2.05) is 0 Å². The summed E-state index contributed by atoms with van der Waals surface area (Å²) in [6.45, 7) is 0.579. The normalized spacial score (nSPS) is 15.9. The Balaban J connectivity index is 1.85. The minimum absolute atomic E-state index is 0.0900. The Kier molecular flexibility index (Phi) is 2.41. The van der Waals surface area contributed by atoms with Crippen molar-refractivity contribution in [3.63, 3.8) is 0 Å². The summed E-state index contributed by atoms with van der Waals surface area (Å²) >= 11 is 0. The molecular formula is C11H12N4O3. The maximum absolute atomic E-state index is 11.9. The van der Waals surface area contributed by atoms with E-state index in [4.69, 9.17) is 5.11 Å². The molecule has 2 aromatic rings. The van der Waals surface area contributed by atoms with Gasteiger partial charge in [-0.15, -0.1) is 5.10 Å². The molecule has 94 valence electrons. The Morgan fingerprint density at radius 2 is 2.22 bits per heavy atom. The fourth-order valence-electron chi connectivity index (χ4n) is 1.96. The van der Waals surface area contributed by atoms with Crippen LogP contribution in [-0.4, -0.2) is 49.3 Å². The zero-order chi connectivity index (χ0) is 12.7. The second kappa shape index (κ2) is 3.95. The molecule has 0 atom stereocenters. The smallest absolute Gasteiger partial charge is 0.350 e. The molecule has 0 aliphatic carbocycles. The molecule has 0 radical (unpaired) electrons. The predicted molar refractivity (Wildman–Crippen MR) is 62.0 cm³/mol. The first-order valence-electron chi connectivity index (χ1n) is 5.65. The molecule has 1 fully saturated rings. The average Bonchev–Trinajstić information content (AvgIpc) is 2.63. The average molecular weight is 248 g/mol. The number of carbonyl (C=O) groups is 1. The van der Waals surface area contributed by atoms with Crippen LogP contribution in [0.25, 0.3) is 5.65 Å². The van der Waals surface area contributed by atoms with Gasteiger partial charge in [0.1, 0.15) is 6.54 Å². The van der Waals surface area contributed by atoms with Gasteiger partial charge in [-0.25, -0.2) is 9.48 Å².